The molecule has 0 amide bonds. The minimum atomic E-state index is 0.00227. The molecule has 18 heavy (non-hydrogen) atoms. The molecule has 4 nitrogen and oxygen atoms in total. The number of benzene rings is 1. The summed E-state index contributed by atoms with van der Waals surface area (Å²) in [7, 11) is 0. The summed E-state index contributed by atoms with van der Waals surface area (Å²) in [5.41, 5.74) is 1.06. The molecule has 0 atom stereocenters. The molecular weight excluding hydrogens is 230 g/mol. The van der Waals surface area contributed by atoms with Crippen LogP contribution < -0.4 is 14.8 Å². The number of aliphatic hydroxyl groups excluding tert-OH is 1. The lowest BCUT2D eigenvalue weighted by molar-refractivity contribution is 0.193. The lowest BCUT2D eigenvalue weighted by atomic mass is 10.2. The number of nitrogens with one attached hydrogen (secondary N) is 1. The number of para-hydroxylation sites is 1. The zero-order valence-electron chi connectivity index (χ0n) is 11.2. The Labute approximate surface area is 109 Å². The summed E-state index contributed by atoms with van der Waals surface area (Å²) in [5.74, 6) is 1.47. The third kappa shape index (κ3) is 4.55. The van der Waals surface area contributed by atoms with Crippen LogP contribution in [-0.2, 0) is 6.54 Å². The van der Waals surface area contributed by atoms with E-state index >= 15 is 0 Å². The molecule has 4 heteroatoms. The molecule has 0 fully saturated rings. The van der Waals surface area contributed by atoms with Crippen molar-refractivity contribution < 1.29 is 14.6 Å². The van der Waals surface area contributed by atoms with Gasteiger partial charge in [0, 0.05) is 12.1 Å². The van der Waals surface area contributed by atoms with E-state index in [0.29, 0.717) is 6.61 Å². The van der Waals surface area contributed by atoms with Crippen LogP contribution in [0.3, 0.4) is 0 Å². The molecule has 0 bridgehead atoms. The second-order valence-electron chi connectivity index (χ2n) is 3.93. The van der Waals surface area contributed by atoms with E-state index in [2.05, 4.69) is 12.2 Å². The van der Waals surface area contributed by atoms with Crippen LogP contribution in [0.1, 0.15) is 25.8 Å². The lowest BCUT2D eigenvalue weighted by Gasteiger charge is -2.15. The maximum Gasteiger partial charge on any atom is 0.165 e. The van der Waals surface area contributed by atoms with Gasteiger partial charge in [0.15, 0.2) is 11.5 Å². The molecule has 1 aromatic carbocycles. The molecule has 0 saturated carbocycles. The highest BCUT2D eigenvalue weighted by Crippen LogP contribution is 2.31. The Kier molecular flexibility index (Phi) is 7.22. The van der Waals surface area contributed by atoms with E-state index in [0.717, 1.165) is 36.6 Å². The molecular formula is C14H23NO3. The highest BCUT2D eigenvalue weighted by atomic mass is 16.5. The van der Waals surface area contributed by atoms with Gasteiger partial charge in [0.25, 0.3) is 0 Å². The molecule has 2 N–H and O–H groups in total. The molecule has 0 aliphatic heterocycles. The summed E-state index contributed by atoms with van der Waals surface area (Å²) in [6.45, 7) is 6.67. The Morgan fingerprint density at radius 3 is 2.72 bits per heavy atom. The minimum Gasteiger partial charge on any atom is -0.490 e. The average molecular weight is 253 g/mol. The van der Waals surface area contributed by atoms with Crippen molar-refractivity contribution in [3.63, 3.8) is 0 Å². The Morgan fingerprint density at radius 2 is 2.06 bits per heavy atom. The third-order valence-corrected chi connectivity index (χ3v) is 2.44. The Morgan fingerprint density at radius 1 is 1.22 bits per heavy atom. The minimum absolute atomic E-state index is 0.00227. The fraction of sp³-hybridized carbons (Fsp3) is 0.571. The molecule has 1 aromatic rings. The summed E-state index contributed by atoms with van der Waals surface area (Å²) in [6, 6.07) is 5.86. The van der Waals surface area contributed by atoms with Crippen molar-refractivity contribution in [1.29, 1.82) is 0 Å². The summed E-state index contributed by atoms with van der Waals surface area (Å²) < 4.78 is 11.1. The first-order valence-electron chi connectivity index (χ1n) is 6.52. The van der Waals surface area contributed by atoms with Crippen LogP contribution in [0.4, 0.5) is 0 Å². The maximum absolute atomic E-state index is 8.87. The van der Waals surface area contributed by atoms with Gasteiger partial charge in [-0.1, -0.05) is 19.1 Å². The van der Waals surface area contributed by atoms with Gasteiger partial charge in [0.1, 0.15) is 6.61 Å². The van der Waals surface area contributed by atoms with E-state index in [4.69, 9.17) is 14.6 Å². The standard InChI is InChI=1S/C14H23NO3/c1-3-8-15-11-12-6-5-7-13(17-4-2)14(12)18-10-9-16/h5-7,15-16H,3-4,8-11H2,1-2H3. The van der Waals surface area contributed by atoms with Crippen LogP contribution in [0.2, 0.25) is 0 Å². The van der Waals surface area contributed by atoms with E-state index in [9.17, 15) is 0 Å². The monoisotopic (exact) mass is 253 g/mol. The Hall–Kier alpha value is -1.26. The number of ether oxygens (including phenoxy) is 2. The van der Waals surface area contributed by atoms with Gasteiger partial charge in [0.05, 0.1) is 13.2 Å². The SMILES string of the molecule is CCCNCc1cccc(OCC)c1OCCO. The van der Waals surface area contributed by atoms with Crippen LogP contribution in [0.5, 0.6) is 11.5 Å². The quantitative estimate of drug-likeness (QED) is 0.661. The zero-order valence-corrected chi connectivity index (χ0v) is 11.2. The topological polar surface area (TPSA) is 50.7 Å². The summed E-state index contributed by atoms with van der Waals surface area (Å²) >= 11 is 0. The molecule has 102 valence electrons. The molecule has 0 unspecified atom stereocenters. The van der Waals surface area contributed by atoms with Crippen molar-refractivity contribution >= 4 is 0 Å². The molecule has 0 spiro atoms. The largest absolute Gasteiger partial charge is 0.490 e. The van der Waals surface area contributed by atoms with Crippen LogP contribution in [-0.4, -0.2) is 31.5 Å². The molecule has 1 rings (SSSR count). The van der Waals surface area contributed by atoms with E-state index in [1.807, 2.05) is 25.1 Å². The number of rotatable bonds is 9. The highest BCUT2D eigenvalue weighted by Gasteiger charge is 2.10. The lowest BCUT2D eigenvalue weighted by Crippen LogP contribution is -2.15. The van der Waals surface area contributed by atoms with Gasteiger partial charge in [-0.15, -0.1) is 0 Å². The fourth-order valence-corrected chi connectivity index (χ4v) is 1.68. The van der Waals surface area contributed by atoms with Crippen LogP contribution in [0.15, 0.2) is 18.2 Å². The van der Waals surface area contributed by atoms with Crippen molar-refractivity contribution in [3.8, 4) is 11.5 Å². The number of hydrogen-bond donors (Lipinski definition) is 2. The van der Waals surface area contributed by atoms with Crippen molar-refractivity contribution in [2.75, 3.05) is 26.4 Å². The number of hydrogen-bond acceptors (Lipinski definition) is 4. The first-order chi connectivity index (χ1) is 8.83. The first-order valence-corrected chi connectivity index (χ1v) is 6.52. The van der Waals surface area contributed by atoms with Crippen molar-refractivity contribution in [3.05, 3.63) is 23.8 Å². The van der Waals surface area contributed by atoms with Crippen molar-refractivity contribution in [2.45, 2.75) is 26.8 Å². The van der Waals surface area contributed by atoms with Gasteiger partial charge in [-0.05, 0) is 26.0 Å². The fourth-order valence-electron chi connectivity index (χ4n) is 1.68. The molecule has 0 aliphatic rings. The van der Waals surface area contributed by atoms with Gasteiger partial charge in [-0.3, -0.25) is 0 Å². The van der Waals surface area contributed by atoms with E-state index in [1.54, 1.807) is 0 Å². The normalized spacial score (nSPS) is 10.4. The predicted octanol–water partition coefficient (Wildman–Crippen LogP) is 1.96. The Bertz CT molecular complexity index is 342. The van der Waals surface area contributed by atoms with Gasteiger partial charge >= 0.3 is 0 Å². The van der Waals surface area contributed by atoms with Crippen molar-refractivity contribution in [2.24, 2.45) is 0 Å². The second kappa shape index (κ2) is 8.78. The average Bonchev–Trinajstić information content (AvgIpc) is 2.38. The molecule has 0 saturated heterocycles. The zero-order chi connectivity index (χ0) is 13.2. The van der Waals surface area contributed by atoms with Crippen LogP contribution in [0.25, 0.3) is 0 Å². The molecule has 0 aliphatic carbocycles. The summed E-state index contributed by atoms with van der Waals surface area (Å²) in [4.78, 5) is 0. The van der Waals surface area contributed by atoms with Gasteiger partial charge < -0.3 is 19.9 Å². The second-order valence-corrected chi connectivity index (χ2v) is 3.93. The van der Waals surface area contributed by atoms with Crippen LogP contribution >= 0.6 is 0 Å². The van der Waals surface area contributed by atoms with Crippen LogP contribution in [0, 0.1) is 0 Å². The van der Waals surface area contributed by atoms with Crippen molar-refractivity contribution in [1.82, 2.24) is 5.32 Å². The maximum atomic E-state index is 8.87. The highest BCUT2D eigenvalue weighted by molar-refractivity contribution is 5.46. The summed E-state index contributed by atoms with van der Waals surface area (Å²) in [5, 5.41) is 12.2. The van der Waals surface area contributed by atoms with Gasteiger partial charge in [0.2, 0.25) is 0 Å². The Balaban J connectivity index is 2.80. The van der Waals surface area contributed by atoms with Gasteiger partial charge in [-0.2, -0.15) is 0 Å². The van der Waals surface area contributed by atoms with E-state index < -0.39 is 0 Å². The number of aliphatic hydroxyl groups is 1. The van der Waals surface area contributed by atoms with Gasteiger partial charge in [-0.25, -0.2) is 0 Å². The van der Waals surface area contributed by atoms with E-state index in [-0.39, 0.29) is 13.2 Å². The molecule has 0 radical (unpaired) electrons. The first kappa shape index (κ1) is 14.8. The molecule has 0 heterocycles. The smallest absolute Gasteiger partial charge is 0.165 e. The molecule has 0 aromatic heterocycles. The predicted molar refractivity (Wildman–Crippen MR) is 72.2 cm³/mol. The third-order valence-electron chi connectivity index (χ3n) is 2.44. The van der Waals surface area contributed by atoms with E-state index in [1.165, 1.54) is 0 Å². The summed E-state index contributed by atoms with van der Waals surface area (Å²) in [6.07, 6.45) is 1.10.